The molecule has 0 saturated heterocycles. The lowest BCUT2D eigenvalue weighted by atomic mass is 10.1. The molecular weight excluding hydrogens is 260 g/mol. The van der Waals surface area contributed by atoms with Gasteiger partial charge in [0.05, 0.1) is 0 Å². The zero-order valence-corrected chi connectivity index (χ0v) is 11.4. The summed E-state index contributed by atoms with van der Waals surface area (Å²) in [6.45, 7) is 1.79. The van der Waals surface area contributed by atoms with E-state index in [1.807, 2.05) is 0 Å². The topological polar surface area (TPSA) is 113 Å². The number of amides is 1. The van der Waals surface area contributed by atoms with Crippen molar-refractivity contribution in [2.45, 2.75) is 38.3 Å². The molecule has 6 nitrogen and oxygen atoms in total. The number of hydrogen-bond donors (Lipinski definition) is 4. The number of aromatic hydroxyl groups is 1. The van der Waals surface area contributed by atoms with Crippen LogP contribution in [0.5, 0.6) is 5.75 Å². The highest BCUT2D eigenvalue weighted by molar-refractivity contribution is 5.83. The van der Waals surface area contributed by atoms with E-state index >= 15 is 0 Å². The predicted molar refractivity (Wildman–Crippen MR) is 74.3 cm³/mol. The molecule has 0 radical (unpaired) electrons. The Morgan fingerprint density at radius 2 is 1.90 bits per heavy atom. The van der Waals surface area contributed by atoms with Crippen LogP contribution < -0.4 is 11.1 Å². The molecule has 1 aromatic carbocycles. The van der Waals surface area contributed by atoms with Gasteiger partial charge in [-0.15, -0.1) is 0 Å². The van der Waals surface area contributed by atoms with Gasteiger partial charge in [0.1, 0.15) is 11.8 Å². The average molecular weight is 280 g/mol. The van der Waals surface area contributed by atoms with Crippen LogP contribution in [-0.2, 0) is 16.0 Å². The largest absolute Gasteiger partial charge is 0.508 e. The lowest BCUT2D eigenvalue weighted by Gasteiger charge is -2.15. The van der Waals surface area contributed by atoms with Gasteiger partial charge in [-0.05, 0) is 31.0 Å². The standard InChI is InChI=1S/C14H20N2O4/c1-9(15)2-7-13(18)16-12(14(19)20)8-10-3-5-11(17)6-4-10/h3-6,9,12,17H,2,7-8,15H2,1H3,(H,16,18)(H,19,20)/t9?,12-/m0/s1. The first-order valence-electron chi connectivity index (χ1n) is 6.44. The number of carbonyl (C=O) groups excluding carboxylic acids is 1. The minimum absolute atomic E-state index is 0.0962. The Balaban J connectivity index is 2.58. The van der Waals surface area contributed by atoms with Crippen molar-refractivity contribution in [3.05, 3.63) is 29.8 Å². The summed E-state index contributed by atoms with van der Waals surface area (Å²) in [5, 5.41) is 20.8. The van der Waals surface area contributed by atoms with Crippen molar-refractivity contribution in [1.82, 2.24) is 5.32 Å². The third-order valence-electron chi connectivity index (χ3n) is 2.84. The molecule has 0 aromatic heterocycles. The number of hydrogen-bond acceptors (Lipinski definition) is 4. The van der Waals surface area contributed by atoms with Crippen LogP contribution in [0, 0.1) is 0 Å². The van der Waals surface area contributed by atoms with Crippen LogP contribution in [0.2, 0.25) is 0 Å². The van der Waals surface area contributed by atoms with Crippen LogP contribution in [0.25, 0.3) is 0 Å². The number of phenolic OH excluding ortho intramolecular Hbond substituents is 1. The third-order valence-corrected chi connectivity index (χ3v) is 2.84. The number of phenols is 1. The summed E-state index contributed by atoms with van der Waals surface area (Å²) < 4.78 is 0. The van der Waals surface area contributed by atoms with Gasteiger partial charge in [0.25, 0.3) is 0 Å². The van der Waals surface area contributed by atoms with E-state index in [1.165, 1.54) is 12.1 Å². The molecule has 0 saturated carbocycles. The monoisotopic (exact) mass is 280 g/mol. The summed E-state index contributed by atoms with van der Waals surface area (Å²) in [4.78, 5) is 22.8. The number of nitrogens with one attached hydrogen (secondary N) is 1. The van der Waals surface area contributed by atoms with E-state index in [2.05, 4.69) is 5.32 Å². The van der Waals surface area contributed by atoms with Crippen molar-refractivity contribution in [2.75, 3.05) is 0 Å². The highest BCUT2D eigenvalue weighted by Gasteiger charge is 2.20. The van der Waals surface area contributed by atoms with Crippen LogP contribution >= 0.6 is 0 Å². The summed E-state index contributed by atoms with van der Waals surface area (Å²) in [6.07, 6.45) is 0.883. The fraction of sp³-hybridized carbons (Fsp3) is 0.429. The molecule has 0 heterocycles. The molecule has 2 atom stereocenters. The van der Waals surface area contributed by atoms with Gasteiger partial charge in [0.15, 0.2) is 0 Å². The fourth-order valence-corrected chi connectivity index (χ4v) is 1.69. The first-order valence-corrected chi connectivity index (χ1v) is 6.44. The quantitative estimate of drug-likeness (QED) is 0.585. The second-order valence-electron chi connectivity index (χ2n) is 4.84. The highest BCUT2D eigenvalue weighted by atomic mass is 16.4. The smallest absolute Gasteiger partial charge is 0.326 e. The van der Waals surface area contributed by atoms with Gasteiger partial charge in [-0.2, -0.15) is 0 Å². The highest BCUT2D eigenvalue weighted by Crippen LogP contribution is 2.11. The normalized spacial score (nSPS) is 13.5. The van der Waals surface area contributed by atoms with E-state index in [9.17, 15) is 9.59 Å². The first kappa shape index (κ1) is 16.0. The Hall–Kier alpha value is -2.08. The molecule has 6 heteroatoms. The third kappa shape index (κ3) is 5.71. The molecule has 0 spiro atoms. The lowest BCUT2D eigenvalue weighted by Crippen LogP contribution is -2.42. The van der Waals surface area contributed by atoms with Gasteiger partial charge in [-0.1, -0.05) is 12.1 Å². The van der Waals surface area contributed by atoms with E-state index in [-0.39, 0.29) is 30.5 Å². The number of nitrogens with two attached hydrogens (primary N) is 1. The molecule has 0 aliphatic carbocycles. The number of benzene rings is 1. The molecule has 0 aliphatic rings. The zero-order valence-electron chi connectivity index (χ0n) is 11.4. The van der Waals surface area contributed by atoms with Crippen LogP contribution in [0.15, 0.2) is 24.3 Å². The van der Waals surface area contributed by atoms with Crippen molar-refractivity contribution in [3.8, 4) is 5.75 Å². The lowest BCUT2D eigenvalue weighted by molar-refractivity contribution is -0.141. The first-order chi connectivity index (χ1) is 9.38. The van der Waals surface area contributed by atoms with Gasteiger partial charge in [-0.3, -0.25) is 4.79 Å². The number of rotatable bonds is 7. The number of carbonyl (C=O) groups is 2. The number of carboxylic acids is 1. The van der Waals surface area contributed by atoms with Crippen molar-refractivity contribution in [2.24, 2.45) is 5.73 Å². The van der Waals surface area contributed by atoms with Crippen LogP contribution in [0.1, 0.15) is 25.3 Å². The maximum atomic E-state index is 11.6. The summed E-state index contributed by atoms with van der Waals surface area (Å²) in [6, 6.07) is 5.12. The van der Waals surface area contributed by atoms with E-state index < -0.39 is 12.0 Å². The second kappa shape index (κ2) is 7.49. The second-order valence-corrected chi connectivity index (χ2v) is 4.84. The maximum Gasteiger partial charge on any atom is 0.326 e. The molecule has 110 valence electrons. The summed E-state index contributed by atoms with van der Waals surface area (Å²) in [5.74, 6) is -1.30. The minimum Gasteiger partial charge on any atom is -0.508 e. The van der Waals surface area contributed by atoms with E-state index in [4.69, 9.17) is 15.9 Å². The fourth-order valence-electron chi connectivity index (χ4n) is 1.69. The Labute approximate surface area is 117 Å². The number of carboxylic acid groups (broad SMARTS) is 1. The summed E-state index contributed by atoms with van der Waals surface area (Å²) >= 11 is 0. The molecule has 0 aliphatic heterocycles. The summed E-state index contributed by atoms with van der Waals surface area (Å²) in [5.41, 5.74) is 6.27. The van der Waals surface area contributed by atoms with Crippen LogP contribution in [0.4, 0.5) is 0 Å². The Morgan fingerprint density at radius 1 is 1.30 bits per heavy atom. The van der Waals surface area contributed by atoms with Crippen molar-refractivity contribution < 1.29 is 19.8 Å². The molecular formula is C14H20N2O4. The average Bonchev–Trinajstić information content (AvgIpc) is 2.38. The Morgan fingerprint density at radius 3 is 2.40 bits per heavy atom. The van der Waals surface area contributed by atoms with Gasteiger partial charge in [0, 0.05) is 18.9 Å². The van der Waals surface area contributed by atoms with Gasteiger partial charge in [0.2, 0.25) is 5.91 Å². The van der Waals surface area contributed by atoms with Gasteiger partial charge < -0.3 is 21.3 Å². The SMILES string of the molecule is CC(N)CCC(=O)N[C@@H](Cc1ccc(O)cc1)C(=O)O. The molecule has 1 rings (SSSR count). The van der Waals surface area contributed by atoms with Crippen molar-refractivity contribution >= 4 is 11.9 Å². The Bertz CT molecular complexity index is 457. The van der Waals surface area contributed by atoms with Crippen LogP contribution in [-0.4, -0.2) is 34.2 Å². The maximum absolute atomic E-state index is 11.6. The molecule has 20 heavy (non-hydrogen) atoms. The molecule has 0 bridgehead atoms. The molecule has 5 N–H and O–H groups in total. The molecule has 0 fully saturated rings. The predicted octanol–water partition coefficient (Wildman–Crippen LogP) is 0.631. The zero-order chi connectivity index (χ0) is 15.1. The van der Waals surface area contributed by atoms with E-state index in [0.29, 0.717) is 6.42 Å². The van der Waals surface area contributed by atoms with Gasteiger partial charge in [-0.25, -0.2) is 4.79 Å². The summed E-state index contributed by atoms with van der Waals surface area (Å²) in [7, 11) is 0. The van der Waals surface area contributed by atoms with E-state index in [1.54, 1.807) is 19.1 Å². The Kier molecular flexibility index (Phi) is 5.99. The van der Waals surface area contributed by atoms with E-state index in [0.717, 1.165) is 5.56 Å². The molecule has 1 unspecified atom stereocenters. The van der Waals surface area contributed by atoms with Crippen LogP contribution in [0.3, 0.4) is 0 Å². The molecule has 1 aromatic rings. The van der Waals surface area contributed by atoms with Gasteiger partial charge >= 0.3 is 5.97 Å². The number of aliphatic carboxylic acids is 1. The van der Waals surface area contributed by atoms with Crippen molar-refractivity contribution in [1.29, 1.82) is 0 Å². The molecule has 1 amide bonds. The van der Waals surface area contributed by atoms with Crippen molar-refractivity contribution in [3.63, 3.8) is 0 Å². The minimum atomic E-state index is -1.09.